The molecule has 1 aliphatic heterocycles. The third-order valence-electron chi connectivity index (χ3n) is 6.68. The molecular weight excluding hydrogens is 384 g/mol. The second-order valence-corrected chi connectivity index (χ2v) is 8.91. The van der Waals surface area contributed by atoms with Gasteiger partial charge in [-0.25, -0.2) is 0 Å². The van der Waals surface area contributed by atoms with Gasteiger partial charge in [-0.1, -0.05) is 30.3 Å². The zero-order chi connectivity index (χ0) is 20.1. The molecule has 1 fully saturated rings. The Morgan fingerprint density at radius 3 is 2.83 bits per heavy atom. The number of likely N-dealkylation sites (tertiary alicyclic amines) is 1. The SMILES string of the molecule is C=C(O)C(c1cccc(O)c1)N1CCC2Cc3[nH]c4ccc(Cl)cc4c3CC2C1. The van der Waals surface area contributed by atoms with Crippen molar-refractivity contribution in [3.8, 4) is 5.75 Å². The van der Waals surface area contributed by atoms with Crippen molar-refractivity contribution in [3.63, 3.8) is 0 Å². The quantitative estimate of drug-likeness (QED) is 0.510. The second kappa shape index (κ2) is 7.12. The Bertz CT molecular complexity index is 1090. The van der Waals surface area contributed by atoms with E-state index in [2.05, 4.69) is 28.6 Å². The van der Waals surface area contributed by atoms with E-state index in [1.165, 1.54) is 16.6 Å². The lowest BCUT2D eigenvalue weighted by atomic mass is 9.73. The third-order valence-corrected chi connectivity index (χ3v) is 6.91. The Balaban J connectivity index is 1.44. The first-order chi connectivity index (χ1) is 14.0. The van der Waals surface area contributed by atoms with Crippen molar-refractivity contribution in [2.24, 2.45) is 11.8 Å². The van der Waals surface area contributed by atoms with Crippen molar-refractivity contribution in [3.05, 3.63) is 76.6 Å². The number of nitrogens with one attached hydrogen (secondary N) is 1. The second-order valence-electron chi connectivity index (χ2n) is 8.47. The number of halogens is 1. The molecule has 1 aromatic heterocycles. The molecule has 29 heavy (non-hydrogen) atoms. The zero-order valence-electron chi connectivity index (χ0n) is 16.2. The zero-order valence-corrected chi connectivity index (χ0v) is 17.0. The molecule has 0 bridgehead atoms. The van der Waals surface area contributed by atoms with Crippen molar-refractivity contribution in [2.45, 2.75) is 25.3 Å². The molecule has 0 spiro atoms. The molecule has 3 atom stereocenters. The van der Waals surface area contributed by atoms with Crippen LogP contribution in [0.25, 0.3) is 10.9 Å². The minimum atomic E-state index is -0.290. The topological polar surface area (TPSA) is 59.5 Å². The number of aliphatic hydroxyl groups is 1. The molecule has 5 rings (SSSR count). The largest absolute Gasteiger partial charge is 0.511 e. The molecule has 0 radical (unpaired) electrons. The van der Waals surface area contributed by atoms with Gasteiger partial charge < -0.3 is 15.2 Å². The summed E-state index contributed by atoms with van der Waals surface area (Å²) in [7, 11) is 0. The predicted molar refractivity (Wildman–Crippen MR) is 117 cm³/mol. The maximum absolute atomic E-state index is 10.4. The minimum absolute atomic E-state index is 0.129. The summed E-state index contributed by atoms with van der Waals surface area (Å²) >= 11 is 6.26. The van der Waals surface area contributed by atoms with E-state index in [-0.39, 0.29) is 17.6 Å². The van der Waals surface area contributed by atoms with Crippen molar-refractivity contribution < 1.29 is 10.2 Å². The van der Waals surface area contributed by atoms with Crippen LogP contribution in [0, 0.1) is 11.8 Å². The fourth-order valence-corrected chi connectivity index (χ4v) is 5.53. The molecule has 150 valence electrons. The number of phenols is 1. The number of aromatic amines is 1. The van der Waals surface area contributed by atoms with E-state index in [0.717, 1.165) is 48.5 Å². The molecule has 2 aromatic carbocycles. The Kier molecular flexibility index (Phi) is 4.56. The number of phenolic OH excluding ortho intramolecular Hbond substituents is 1. The van der Waals surface area contributed by atoms with E-state index in [0.29, 0.717) is 11.8 Å². The maximum Gasteiger partial charge on any atom is 0.115 e. The van der Waals surface area contributed by atoms with E-state index in [4.69, 9.17) is 11.6 Å². The number of hydrogen-bond donors (Lipinski definition) is 3. The van der Waals surface area contributed by atoms with Gasteiger partial charge in [-0.15, -0.1) is 0 Å². The summed E-state index contributed by atoms with van der Waals surface area (Å²) < 4.78 is 0. The summed E-state index contributed by atoms with van der Waals surface area (Å²) in [5, 5.41) is 22.3. The number of nitrogens with zero attached hydrogens (tertiary/aromatic N) is 1. The molecule has 1 saturated heterocycles. The number of H-pyrrole nitrogens is 1. The summed E-state index contributed by atoms with van der Waals surface area (Å²) in [6.45, 7) is 5.64. The summed E-state index contributed by atoms with van der Waals surface area (Å²) in [4.78, 5) is 5.92. The standard InChI is InChI=1S/C24H25ClN2O2/c1-14(28)24(16-3-2-4-19(29)9-16)27-8-7-15-11-23-20(10-17(15)13-27)21-12-18(25)5-6-22(21)26-23/h2-6,9,12,15,17,24,26,28-29H,1,7-8,10-11,13H2. The van der Waals surface area contributed by atoms with E-state index < -0.39 is 0 Å². The summed E-state index contributed by atoms with van der Waals surface area (Å²) in [6.07, 6.45) is 3.17. The van der Waals surface area contributed by atoms with Gasteiger partial charge in [-0.05, 0) is 79.1 Å². The number of fused-ring (bicyclic) bond motifs is 4. The number of benzene rings is 2. The van der Waals surface area contributed by atoms with Crippen molar-refractivity contribution >= 4 is 22.5 Å². The molecule has 0 saturated carbocycles. The number of hydrogen-bond acceptors (Lipinski definition) is 3. The minimum Gasteiger partial charge on any atom is -0.511 e. The Morgan fingerprint density at radius 1 is 1.17 bits per heavy atom. The monoisotopic (exact) mass is 408 g/mol. The fourth-order valence-electron chi connectivity index (χ4n) is 5.36. The highest BCUT2D eigenvalue weighted by molar-refractivity contribution is 6.31. The van der Waals surface area contributed by atoms with Crippen LogP contribution < -0.4 is 0 Å². The number of aromatic nitrogens is 1. The summed E-state index contributed by atoms with van der Waals surface area (Å²) in [6, 6.07) is 12.9. The Morgan fingerprint density at radius 2 is 2.03 bits per heavy atom. The number of aliphatic hydroxyl groups excluding tert-OH is 1. The van der Waals surface area contributed by atoms with Crippen LogP contribution in [-0.2, 0) is 12.8 Å². The highest BCUT2D eigenvalue weighted by atomic mass is 35.5. The average Bonchev–Trinajstić information content (AvgIpc) is 3.03. The Hall–Kier alpha value is -2.43. The molecule has 2 aliphatic rings. The van der Waals surface area contributed by atoms with Gasteiger partial charge in [-0.3, -0.25) is 4.90 Å². The van der Waals surface area contributed by atoms with Crippen molar-refractivity contribution in [2.75, 3.05) is 13.1 Å². The van der Waals surface area contributed by atoms with Crippen LogP contribution in [0.3, 0.4) is 0 Å². The number of piperidine rings is 1. The molecule has 3 N–H and O–H groups in total. The normalized spacial score (nSPS) is 22.8. The molecule has 5 heteroatoms. The first kappa shape index (κ1) is 18.6. The van der Waals surface area contributed by atoms with Crippen LogP contribution in [0.5, 0.6) is 5.75 Å². The molecule has 3 aromatic rings. The molecule has 3 unspecified atom stereocenters. The van der Waals surface area contributed by atoms with Gasteiger partial charge in [0.05, 0.1) is 6.04 Å². The van der Waals surface area contributed by atoms with Gasteiger partial charge in [0.2, 0.25) is 0 Å². The average molecular weight is 409 g/mol. The Labute approximate surface area is 175 Å². The van der Waals surface area contributed by atoms with Crippen molar-refractivity contribution in [1.29, 1.82) is 0 Å². The van der Waals surface area contributed by atoms with Crippen LogP contribution in [0.15, 0.2) is 54.8 Å². The molecular formula is C24H25ClN2O2. The van der Waals surface area contributed by atoms with Gasteiger partial charge in [-0.2, -0.15) is 0 Å². The first-order valence-electron chi connectivity index (χ1n) is 10.2. The van der Waals surface area contributed by atoms with Crippen LogP contribution in [-0.4, -0.2) is 33.2 Å². The lowest BCUT2D eigenvalue weighted by molar-refractivity contribution is 0.0716. The van der Waals surface area contributed by atoms with E-state index >= 15 is 0 Å². The highest BCUT2D eigenvalue weighted by Crippen LogP contribution is 2.42. The van der Waals surface area contributed by atoms with Gasteiger partial charge >= 0.3 is 0 Å². The number of aromatic hydroxyl groups is 1. The maximum atomic E-state index is 10.4. The predicted octanol–water partition coefficient (Wildman–Crippen LogP) is 5.38. The smallest absolute Gasteiger partial charge is 0.115 e. The van der Waals surface area contributed by atoms with Crippen LogP contribution in [0.4, 0.5) is 0 Å². The first-order valence-corrected chi connectivity index (χ1v) is 10.6. The lowest BCUT2D eigenvalue weighted by Crippen LogP contribution is -2.45. The van der Waals surface area contributed by atoms with Crippen LogP contribution >= 0.6 is 11.6 Å². The van der Waals surface area contributed by atoms with Gasteiger partial charge in [0.15, 0.2) is 0 Å². The third kappa shape index (κ3) is 3.30. The fraction of sp³-hybridized carbons (Fsp3) is 0.333. The van der Waals surface area contributed by atoms with Crippen molar-refractivity contribution in [1.82, 2.24) is 9.88 Å². The summed E-state index contributed by atoms with van der Waals surface area (Å²) in [5.74, 6) is 1.50. The molecule has 2 heterocycles. The van der Waals surface area contributed by atoms with Crippen LogP contribution in [0.1, 0.15) is 29.3 Å². The molecule has 0 amide bonds. The van der Waals surface area contributed by atoms with E-state index in [1.54, 1.807) is 12.1 Å². The lowest BCUT2D eigenvalue weighted by Gasteiger charge is -2.44. The number of rotatable bonds is 3. The van der Waals surface area contributed by atoms with Gasteiger partial charge in [0.25, 0.3) is 0 Å². The molecule has 1 aliphatic carbocycles. The summed E-state index contributed by atoms with van der Waals surface area (Å²) in [5.41, 5.74) is 4.79. The van der Waals surface area contributed by atoms with Gasteiger partial charge in [0, 0.05) is 28.2 Å². The highest BCUT2D eigenvalue weighted by Gasteiger charge is 2.38. The van der Waals surface area contributed by atoms with E-state index in [1.807, 2.05) is 18.2 Å². The van der Waals surface area contributed by atoms with Crippen LogP contribution in [0.2, 0.25) is 5.02 Å². The van der Waals surface area contributed by atoms with Gasteiger partial charge in [0.1, 0.15) is 11.5 Å². The van der Waals surface area contributed by atoms with E-state index in [9.17, 15) is 10.2 Å². The molecule has 4 nitrogen and oxygen atoms in total.